The van der Waals surface area contributed by atoms with Crippen LogP contribution in [0.25, 0.3) is 5.69 Å². The Bertz CT molecular complexity index is 614. The lowest BCUT2D eigenvalue weighted by Crippen LogP contribution is -2.52. The third kappa shape index (κ3) is 3.67. The molecule has 0 saturated carbocycles. The van der Waals surface area contributed by atoms with E-state index in [1.807, 2.05) is 46.1 Å². The van der Waals surface area contributed by atoms with Crippen LogP contribution in [0.5, 0.6) is 0 Å². The number of hydrogen-bond acceptors (Lipinski definition) is 3. The van der Waals surface area contributed by atoms with Gasteiger partial charge in [-0.05, 0) is 24.6 Å². The zero-order valence-corrected chi connectivity index (χ0v) is 13.4. The van der Waals surface area contributed by atoms with Gasteiger partial charge in [-0.15, -0.1) is 12.4 Å². The highest BCUT2D eigenvalue weighted by molar-refractivity contribution is 5.85. The summed E-state index contributed by atoms with van der Waals surface area (Å²) >= 11 is 0. The van der Waals surface area contributed by atoms with Crippen molar-refractivity contribution in [2.24, 2.45) is 0 Å². The number of aromatic nitrogens is 2. The van der Waals surface area contributed by atoms with Gasteiger partial charge in [0.15, 0.2) is 0 Å². The van der Waals surface area contributed by atoms with Gasteiger partial charge in [0.1, 0.15) is 0 Å². The fraction of sp³-hybridized carbons (Fsp3) is 0.375. The first-order valence-corrected chi connectivity index (χ1v) is 7.33. The molecule has 5 nitrogen and oxygen atoms in total. The molecular weight excluding hydrogens is 300 g/mol. The highest BCUT2D eigenvalue weighted by Gasteiger charge is 2.23. The zero-order chi connectivity index (χ0) is 14.7. The van der Waals surface area contributed by atoms with Crippen molar-refractivity contribution in [3.8, 4) is 5.69 Å². The molecule has 0 spiro atoms. The average molecular weight is 321 g/mol. The molecule has 0 bridgehead atoms. The Morgan fingerprint density at radius 2 is 2.14 bits per heavy atom. The van der Waals surface area contributed by atoms with Crippen LogP contribution >= 0.6 is 12.4 Å². The molecule has 0 aliphatic carbocycles. The van der Waals surface area contributed by atoms with Crippen molar-refractivity contribution in [3.63, 3.8) is 0 Å². The van der Waals surface area contributed by atoms with E-state index in [4.69, 9.17) is 0 Å². The number of halogens is 1. The second-order valence-electron chi connectivity index (χ2n) is 5.45. The summed E-state index contributed by atoms with van der Waals surface area (Å²) in [6.07, 6.45) is 4.12. The van der Waals surface area contributed by atoms with E-state index in [-0.39, 0.29) is 24.4 Å². The van der Waals surface area contributed by atoms with Crippen molar-refractivity contribution < 1.29 is 4.79 Å². The number of piperazine rings is 1. The number of benzene rings is 1. The van der Waals surface area contributed by atoms with E-state index >= 15 is 0 Å². The number of nitrogens with one attached hydrogen (secondary N) is 1. The Labute approximate surface area is 136 Å². The molecule has 1 N–H and O–H groups in total. The summed E-state index contributed by atoms with van der Waals surface area (Å²) in [6.45, 7) is 4.61. The maximum absolute atomic E-state index is 12.4. The summed E-state index contributed by atoms with van der Waals surface area (Å²) in [4.78, 5) is 14.3. The molecule has 1 aromatic carbocycles. The van der Waals surface area contributed by atoms with Crippen LogP contribution in [-0.2, 0) is 11.2 Å². The van der Waals surface area contributed by atoms with Gasteiger partial charge in [-0.2, -0.15) is 5.10 Å². The molecule has 118 valence electrons. The predicted molar refractivity (Wildman–Crippen MR) is 88.6 cm³/mol. The number of para-hydroxylation sites is 1. The molecule has 1 amide bonds. The molecule has 2 heterocycles. The summed E-state index contributed by atoms with van der Waals surface area (Å²) in [5.41, 5.74) is 1.96. The lowest BCUT2D eigenvalue weighted by Gasteiger charge is -2.34. The molecule has 22 heavy (non-hydrogen) atoms. The van der Waals surface area contributed by atoms with Gasteiger partial charge in [0, 0.05) is 31.9 Å². The third-order valence-corrected chi connectivity index (χ3v) is 3.83. The van der Waals surface area contributed by atoms with Gasteiger partial charge in [-0.25, -0.2) is 4.68 Å². The van der Waals surface area contributed by atoms with Gasteiger partial charge in [0.2, 0.25) is 5.91 Å². The van der Waals surface area contributed by atoms with E-state index < -0.39 is 0 Å². The second kappa shape index (κ2) is 7.42. The SMILES string of the molecule is CC1CNCCN1C(=O)Cc1cnn(-c2ccccc2)c1.Cl. The number of rotatable bonds is 3. The Kier molecular flexibility index (Phi) is 5.57. The number of amides is 1. The van der Waals surface area contributed by atoms with Crippen LogP contribution in [0.15, 0.2) is 42.7 Å². The molecule has 0 radical (unpaired) electrons. The van der Waals surface area contributed by atoms with Crippen LogP contribution < -0.4 is 5.32 Å². The van der Waals surface area contributed by atoms with Crippen molar-refractivity contribution in [3.05, 3.63) is 48.3 Å². The van der Waals surface area contributed by atoms with E-state index in [0.717, 1.165) is 30.9 Å². The molecule has 1 saturated heterocycles. The van der Waals surface area contributed by atoms with Crippen molar-refractivity contribution in [1.29, 1.82) is 0 Å². The highest BCUT2D eigenvalue weighted by atomic mass is 35.5. The van der Waals surface area contributed by atoms with E-state index in [1.165, 1.54) is 0 Å². The normalized spacial score (nSPS) is 17.9. The van der Waals surface area contributed by atoms with Gasteiger partial charge in [-0.3, -0.25) is 4.79 Å². The van der Waals surface area contributed by atoms with E-state index in [1.54, 1.807) is 6.20 Å². The lowest BCUT2D eigenvalue weighted by molar-refractivity contribution is -0.133. The molecule has 1 aliphatic heterocycles. The van der Waals surface area contributed by atoms with Crippen molar-refractivity contribution in [1.82, 2.24) is 20.0 Å². The predicted octanol–water partition coefficient (Wildman–Crippen LogP) is 1.66. The Morgan fingerprint density at radius 1 is 1.36 bits per heavy atom. The van der Waals surface area contributed by atoms with Crippen LogP contribution in [0.4, 0.5) is 0 Å². The van der Waals surface area contributed by atoms with Gasteiger partial charge >= 0.3 is 0 Å². The Hall–Kier alpha value is -1.85. The topological polar surface area (TPSA) is 50.2 Å². The highest BCUT2D eigenvalue weighted by Crippen LogP contribution is 2.11. The molecule has 3 rings (SSSR count). The van der Waals surface area contributed by atoms with Crippen molar-refractivity contribution in [2.75, 3.05) is 19.6 Å². The summed E-state index contributed by atoms with van der Waals surface area (Å²) in [5.74, 6) is 0.177. The first-order chi connectivity index (χ1) is 10.2. The molecule has 1 atom stereocenters. The number of hydrogen-bond donors (Lipinski definition) is 1. The summed E-state index contributed by atoms with van der Waals surface area (Å²) < 4.78 is 1.81. The van der Waals surface area contributed by atoms with Crippen molar-refractivity contribution in [2.45, 2.75) is 19.4 Å². The van der Waals surface area contributed by atoms with Crippen LogP contribution in [0, 0.1) is 0 Å². The first-order valence-electron chi connectivity index (χ1n) is 7.33. The smallest absolute Gasteiger partial charge is 0.227 e. The second-order valence-corrected chi connectivity index (χ2v) is 5.45. The minimum Gasteiger partial charge on any atom is -0.337 e. The Balaban J connectivity index is 0.00000176. The molecule has 1 fully saturated rings. The monoisotopic (exact) mass is 320 g/mol. The third-order valence-electron chi connectivity index (χ3n) is 3.83. The fourth-order valence-corrected chi connectivity index (χ4v) is 2.66. The van der Waals surface area contributed by atoms with Crippen LogP contribution in [0.1, 0.15) is 12.5 Å². The van der Waals surface area contributed by atoms with Gasteiger partial charge in [0.05, 0.1) is 18.3 Å². The minimum atomic E-state index is 0. The molecule has 1 aliphatic rings. The maximum Gasteiger partial charge on any atom is 0.227 e. The van der Waals surface area contributed by atoms with Crippen LogP contribution in [-0.4, -0.2) is 46.3 Å². The quantitative estimate of drug-likeness (QED) is 0.935. The van der Waals surface area contributed by atoms with Gasteiger partial charge < -0.3 is 10.2 Å². The lowest BCUT2D eigenvalue weighted by atomic mass is 10.1. The van der Waals surface area contributed by atoms with Crippen LogP contribution in [0.2, 0.25) is 0 Å². The standard InChI is InChI=1S/C16H20N4O.ClH/c1-13-10-17-7-8-19(13)16(21)9-14-11-18-20(12-14)15-5-3-2-4-6-15;/h2-6,11-13,17H,7-10H2,1H3;1H. The van der Waals surface area contributed by atoms with E-state index in [2.05, 4.69) is 17.3 Å². The largest absolute Gasteiger partial charge is 0.337 e. The van der Waals surface area contributed by atoms with E-state index in [9.17, 15) is 4.79 Å². The molecule has 1 aromatic heterocycles. The average Bonchev–Trinajstić information content (AvgIpc) is 2.97. The van der Waals surface area contributed by atoms with E-state index in [0.29, 0.717) is 6.42 Å². The summed E-state index contributed by atoms with van der Waals surface area (Å²) in [5, 5.41) is 7.64. The zero-order valence-electron chi connectivity index (χ0n) is 12.6. The van der Waals surface area contributed by atoms with Crippen LogP contribution in [0.3, 0.4) is 0 Å². The van der Waals surface area contributed by atoms with Gasteiger partial charge in [0.25, 0.3) is 0 Å². The maximum atomic E-state index is 12.4. The number of nitrogens with zero attached hydrogens (tertiary/aromatic N) is 3. The van der Waals surface area contributed by atoms with Crippen molar-refractivity contribution >= 4 is 18.3 Å². The summed E-state index contributed by atoms with van der Waals surface area (Å²) in [6, 6.07) is 10.2. The summed E-state index contributed by atoms with van der Waals surface area (Å²) in [7, 11) is 0. The minimum absolute atomic E-state index is 0. The first kappa shape index (κ1) is 16.5. The molecule has 2 aromatic rings. The number of carbonyl (C=O) groups excluding carboxylic acids is 1. The molecule has 1 unspecified atom stereocenters. The fourth-order valence-electron chi connectivity index (χ4n) is 2.66. The van der Waals surface area contributed by atoms with Gasteiger partial charge in [-0.1, -0.05) is 18.2 Å². The molecule has 6 heteroatoms. The number of carbonyl (C=O) groups is 1. The Morgan fingerprint density at radius 3 is 2.86 bits per heavy atom. The molecular formula is C16H21ClN4O.